The van der Waals surface area contributed by atoms with Crippen molar-refractivity contribution in [1.29, 1.82) is 0 Å². The third-order valence-corrected chi connectivity index (χ3v) is 1.94. The van der Waals surface area contributed by atoms with Crippen molar-refractivity contribution in [3.63, 3.8) is 0 Å². The van der Waals surface area contributed by atoms with Crippen LogP contribution in [0.15, 0.2) is 0 Å². The number of rotatable bonds is 4. The summed E-state index contributed by atoms with van der Waals surface area (Å²) in [7, 11) is 1.80. The van der Waals surface area contributed by atoms with Crippen LogP contribution in [0.3, 0.4) is 0 Å². The number of nitrogens with two attached hydrogens (primary N) is 1. The fourth-order valence-corrected chi connectivity index (χ4v) is 1.00. The number of nitrogens with zero attached hydrogens (tertiary/aromatic N) is 1. The van der Waals surface area contributed by atoms with Crippen LogP contribution >= 0.6 is 0 Å². The van der Waals surface area contributed by atoms with Gasteiger partial charge in [-0.15, -0.1) is 0 Å². The first kappa shape index (κ1) is 10.4. The van der Waals surface area contributed by atoms with Crippen LogP contribution < -0.4 is 5.73 Å². The molecule has 0 aliphatic heterocycles. The van der Waals surface area contributed by atoms with Gasteiger partial charge in [-0.05, 0) is 13.3 Å². The second-order valence-corrected chi connectivity index (χ2v) is 2.85. The van der Waals surface area contributed by atoms with E-state index in [1.165, 1.54) is 0 Å². The predicted octanol–water partition coefficient (Wildman–Crippen LogP) is 0.592. The van der Waals surface area contributed by atoms with Crippen LogP contribution in [0.25, 0.3) is 0 Å². The van der Waals surface area contributed by atoms with E-state index in [0.29, 0.717) is 6.04 Å². The monoisotopic (exact) mass is 158 g/mol. The lowest BCUT2D eigenvalue weighted by Gasteiger charge is -2.23. The van der Waals surface area contributed by atoms with Gasteiger partial charge in [0, 0.05) is 13.1 Å². The molecule has 11 heavy (non-hydrogen) atoms. The lowest BCUT2D eigenvalue weighted by molar-refractivity contribution is -0.130. The van der Waals surface area contributed by atoms with E-state index < -0.39 is 0 Å². The Hall–Kier alpha value is -0.570. The molecular weight excluding hydrogens is 140 g/mol. The number of carbonyl (C=O) groups is 1. The Morgan fingerprint density at radius 2 is 2.18 bits per heavy atom. The molecule has 0 aliphatic rings. The summed E-state index contributed by atoms with van der Waals surface area (Å²) in [5.41, 5.74) is 5.22. The summed E-state index contributed by atoms with van der Waals surface area (Å²) in [4.78, 5) is 12.7. The van der Waals surface area contributed by atoms with E-state index in [2.05, 4.69) is 6.92 Å². The van der Waals surface area contributed by atoms with Crippen molar-refractivity contribution in [2.75, 3.05) is 13.6 Å². The van der Waals surface area contributed by atoms with E-state index >= 15 is 0 Å². The largest absolute Gasteiger partial charge is 0.342 e. The van der Waals surface area contributed by atoms with Crippen LogP contribution in [0.1, 0.15) is 26.7 Å². The Labute approximate surface area is 68.6 Å². The number of likely N-dealkylation sites (N-methyl/N-ethyl adjacent to an activating group) is 1. The Morgan fingerprint density at radius 3 is 2.55 bits per heavy atom. The molecule has 3 heteroatoms. The summed E-state index contributed by atoms with van der Waals surface area (Å²) in [5.74, 6) is 0.0194. The van der Waals surface area contributed by atoms with Gasteiger partial charge in [-0.3, -0.25) is 4.79 Å². The summed E-state index contributed by atoms with van der Waals surface area (Å²) < 4.78 is 0. The second kappa shape index (κ2) is 5.13. The van der Waals surface area contributed by atoms with Crippen molar-refractivity contribution in [3.05, 3.63) is 0 Å². The lowest BCUT2D eigenvalue weighted by atomic mass is 10.2. The number of amides is 1. The van der Waals surface area contributed by atoms with E-state index in [-0.39, 0.29) is 12.5 Å². The fraction of sp³-hybridized carbons (Fsp3) is 0.875. The first-order valence-corrected chi connectivity index (χ1v) is 4.09. The van der Waals surface area contributed by atoms with Gasteiger partial charge < -0.3 is 10.6 Å². The Kier molecular flexibility index (Phi) is 4.86. The highest BCUT2D eigenvalue weighted by molar-refractivity contribution is 5.77. The Morgan fingerprint density at radius 1 is 1.64 bits per heavy atom. The standard InChI is InChI=1S/C8H18N2O/c1-4-5-7(2)10(3)8(11)6-9/h7H,4-6,9H2,1-3H3. The van der Waals surface area contributed by atoms with Gasteiger partial charge in [0.05, 0.1) is 6.54 Å². The quantitative estimate of drug-likeness (QED) is 0.651. The van der Waals surface area contributed by atoms with Crippen LogP contribution in [-0.2, 0) is 4.79 Å². The van der Waals surface area contributed by atoms with Gasteiger partial charge in [0.1, 0.15) is 0 Å². The van der Waals surface area contributed by atoms with Gasteiger partial charge in [0.25, 0.3) is 0 Å². The highest BCUT2D eigenvalue weighted by Gasteiger charge is 2.12. The molecule has 0 aromatic rings. The third-order valence-electron chi connectivity index (χ3n) is 1.94. The molecule has 66 valence electrons. The highest BCUT2D eigenvalue weighted by Crippen LogP contribution is 2.02. The molecule has 0 bridgehead atoms. The van der Waals surface area contributed by atoms with Gasteiger partial charge in [-0.2, -0.15) is 0 Å². The van der Waals surface area contributed by atoms with Gasteiger partial charge >= 0.3 is 0 Å². The average Bonchev–Trinajstić information content (AvgIpc) is 2.02. The second-order valence-electron chi connectivity index (χ2n) is 2.85. The number of hydrogen-bond acceptors (Lipinski definition) is 2. The van der Waals surface area contributed by atoms with Crippen molar-refractivity contribution >= 4 is 5.91 Å². The molecule has 0 heterocycles. The van der Waals surface area contributed by atoms with Crippen LogP contribution in [0, 0.1) is 0 Å². The van der Waals surface area contributed by atoms with Crippen molar-refractivity contribution in [2.24, 2.45) is 5.73 Å². The number of hydrogen-bond donors (Lipinski definition) is 1. The first-order valence-electron chi connectivity index (χ1n) is 4.09. The first-order chi connectivity index (χ1) is 5.13. The molecular formula is C8H18N2O. The van der Waals surface area contributed by atoms with Gasteiger partial charge in [0.15, 0.2) is 0 Å². The smallest absolute Gasteiger partial charge is 0.236 e. The zero-order valence-corrected chi connectivity index (χ0v) is 7.63. The van der Waals surface area contributed by atoms with E-state index in [1.807, 2.05) is 6.92 Å². The molecule has 3 nitrogen and oxygen atoms in total. The molecule has 1 amide bonds. The summed E-state index contributed by atoms with van der Waals surface area (Å²) in [6.07, 6.45) is 2.14. The molecule has 0 saturated carbocycles. The zero-order valence-electron chi connectivity index (χ0n) is 7.63. The van der Waals surface area contributed by atoms with Crippen LogP contribution in [0.4, 0.5) is 0 Å². The maximum atomic E-state index is 11.0. The summed E-state index contributed by atoms with van der Waals surface area (Å²) in [6, 6.07) is 0.316. The van der Waals surface area contributed by atoms with Crippen LogP contribution in [0.5, 0.6) is 0 Å². The molecule has 2 N–H and O–H groups in total. The molecule has 0 spiro atoms. The van der Waals surface area contributed by atoms with Crippen molar-refractivity contribution in [2.45, 2.75) is 32.7 Å². The summed E-state index contributed by atoms with van der Waals surface area (Å²) >= 11 is 0. The minimum Gasteiger partial charge on any atom is -0.342 e. The van der Waals surface area contributed by atoms with E-state index in [9.17, 15) is 4.79 Å². The van der Waals surface area contributed by atoms with E-state index in [0.717, 1.165) is 12.8 Å². The van der Waals surface area contributed by atoms with Gasteiger partial charge in [0.2, 0.25) is 5.91 Å². The molecule has 0 aromatic heterocycles. The topological polar surface area (TPSA) is 46.3 Å². The van der Waals surface area contributed by atoms with Crippen LogP contribution in [0.2, 0.25) is 0 Å². The molecule has 0 aliphatic carbocycles. The molecule has 0 rings (SSSR count). The van der Waals surface area contributed by atoms with Gasteiger partial charge in [-0.25, -0.2) is 0 Å². The Balaban J connectivity index is 3.80. The summed E-state index contributed by atoms with van der Waals surface area (Å²) in [6.45, 7) is 4.26. The molecule has 0 fully saturated rings. The van der Waals surface area contributed by atoms with Crippen molar-refractivity contribution in [1.82, 2.24) is 4.90 Å². The fourth-order valence-electron chi connectivity index (χ4n) is 1.00. The average molecular weight is 158 g/mol. The predicted molar refractivity (Wildman–Crippen MR) is 46.2 cm³/mol. The van der Waals surface area contributed by atoms with Gasteiger partial charge in [-0.1, -0.05) is 13.3 Å². The Bertz CT molecular complexity index is 125. The maximum absolute atomic E-state index is 11.0. The molecule has 1 atom stereocenters. The molecule has 0 aromatic carbocycles. The van der Waals surface area contributed by atoms with Crippen LogP contribution in [-0.4, -0.2) is 30.4 Å². The zero-order chi connectivity index (χ0) is 8.85. The SMILES string of the molecule is CCCC(C)N(C)C(=O)CN. The minimum absolute atomic E-state index is 0.0194. The van der Waals surface area contributed by atoms with Crippen molar-refractivity contribution < 1.29 is 4.79 Å². The minimum atomic E-state index is 0.0194. The van der Waals surface area contributed by atoms with E-state index in [1.54, 1.807) is 11.9 Å². The normalized spacial score (nSPS) is 12.7. The molecule has 0 saturated heterocycles. The summed E-state index contributed by atoms with van der Waals surface area (Å²) in [5, 5.41) is 0. The maximum Gasteiger partial charge on any atom is 0.236 e. The number of carbonyl (C=O) groups excluding carboxylic acids is 1. The lowest BCUT2D eigenvalue weighted by Crippen LogP contribution is -2.38. The molecule has 0 radical (unpaired) electrons. The highest BCUT2D eigenvalue weighted by atomic mass is 16.2. The third kappa shape index (κ3) is 3.37. The van der Waals surface area contributed by atoms with E-state index in [4.69, 9.17) is 5.73 Å². The van der Waals surface area contributed by atoms with Crippen molar-refractivity contribution in [3.8, 4) is 0 Å². The molecule has 1 unspecified atom stereocenters.